The lowest BCUT2D eigenvalue weighted by Crippen LogP contribution is -3.16. The van der Waals surface area contributed by atoms with Gasteiger partial charge < -0.3 is 20.0 Å². The second-order valence-electron chi connectivity index (χ2n) is 7.99. The van der Waals surface area contributed by atoms with E-state index in [-0.39, 0.29) is 17.6 Å². The third-order valence-electron chi connectivity index (χ3n) is 5.63. The number of hydrogen-bond donors (Lipinski definition) is 3. The smallest absolute Gasteiger partial charge is 0.279 e. The normalized spacial score (nSPS) is 23.9. The Kier molecular flexibility index (Phi) is 6.79. The van der Waals surface area contributed by atoms with Crippen LogP contribution in [0.2, 0.25) is 0 Å². The first-order valence-corrected chi connectivity index (χ1v) is 10.00. The number of amides is 2. The lowest BCUT2D eigenvalue weighted by molar-refractivity contribution is -0.902. The predicted octanol–water partition coefficient (Wildman–Crippen LogP) is -1.19. The number of carbonyl (C=O) groups excluding carboxylic acids is 2. The summed E-state index contributed by atoms with van der Waals surface area (Å²) in [4.78, 5) is 29.3. The molecule has 0 bridgehead atoms. The summed E-state index contributed by atoms with van der Waals surface area (Å²) < 4.78 is 12.9. The first-order valence-electron chi connectivity index (χ1n) is 10.00. The lowest BCUT2D eigenvalue weighted by Gasteiger charge is -2.33. The van der Waals surface area contributed by atoms with Crippen LogP contribution < -0.4 is 15.1 Å². The van der Waals surface area contributed by atoms with Gasteiger partial charge in [0, 0.05) is 11.6 Å². The van der Waals surface area contributed by atoms with Gasteiger partial charge in [-0.25, -0.2) is 4.39 Å². The second-order valence-corrected chi connectivity index (χ2v) is 7.99. The fourth-order valence-electron chi connectivity index (χ4n) is 4.10. The summed E-state index contributed by atoms with van der Waals surface area (Å²) in [7, 11) is 0. The number of quaternary nitrogens is 2. The van der Waals surface area contributed by atoms with Crippen LogP contribution in [0, 0.1) is 11.7 Å². The van der Waals surface area contributed by atoms with E-state index in [0.29, 0.717) is 37.8 Å². The number of halogens is 1. The average Bonchev–Trinajstić information content (AvgIpc) is 2.64. The van der Waals surface area contributed by atoms with Crippen molar-refractivity contribution < 1.29 is 23.8 Å². The molecule has 2 aliphatic heterocycles. The summed E-state index contributed by atoms with van der Waals surface area (Å²) in [5, 5.41) is 2.80. The predicted molar refractivity (Wildman–Crippen MR) is 101 cm³/mol. The number of nitrogens with one attached hydrogen (secondary N) is 3. The highest BCUT2D eigenvalue weighted by Crippen LogP contribution is 2.07. The minimum atomic E-state index is -0.319. The number of piperazine rings is 1. The van der Waals surface area contributed by atoms with E-state index < -0.39 is 0 Å². The SMILES string of the molecule is C[C@@H]1CCC[NH+](CC(=O)N2CC[NH+](CC(=O)Nc3ccc(F)cc3)CC2)C1. The van der Waals surface area contributed by atoms with Crippen molar-refractivity contribution in [1.29, 1.82) is 0 Å². The molecule has 0 radical (unpaired) electrons. The van der Waals surface area contributed by atoms with Crippen molar-refractivity contribution in [2.45, 2.75) is 19.8 Å². The Bertz CT molecular complexity index is 644. The maximum Gasteiger partial charge on any atom is 0.279 e. The second kappa shape index (κ2) is 9.28. The minimum absolute atomic E-state index is 0.0804. The molecule has 2 aliphatic rings. The topological polar surface area (TPSA) is 58.3 Å². The maximum absolute atomic E-state index is 12.9. The summed E-state index contributed by atoms with van der Waals surface area (Å²) in [6.45, 7) is 8.43. The minimum Gasteiger partial charge on any atom is -0.327 e. The zero-order chi connectivity index (χ0) is 19.2. The Balaban J connectivity index is 1.38. The van der Waals surface area contributed by atoms with Crippen LogP contribution in [0.15, 0.2) is 24.3 Å². The lowest BCUT2D eigenvalue weighted by atomic mass is 10.0. The average molecular weight is 378 g/mol. The zero-order valence-corrected chi connectivity index (χ0v) is 16.1. The molecule has 2 heterocycles. The molecule has 1 unspecified atom stereocenters. The molecular formula is C20H31FN4O2+2. The van der Waals surface area contributed by atoms with E-state index in [4.69, 9.17) is 0 Å². The number of likely N-dealkylation sites (tertiary alicyclic amines) is 1. The number of piperidine rings is 1. The van der Waals surface area contributed by atoms with Gasteiger partial charge in [-0.3, -0.25) is 9.59 Å². The van der Waals surface area contributed by atoms with E-state index in [1.165, 1.54) is 34.8 Å². The van der Waals surface area contributed by atoms with Crippen LogP contribution in [0.3, 0.4) is 0 Å². The van der Waals surface area contributed by atoms with Crippen molar-refractivity contribution >= 4 is 17.5 Å². The molecule has 1 aromatic rings. The van der Waals surface area contributed by atoms with Crippen LogP contribution in [0.25, 0.3) is 0 Å². The Labute approximate surface area is 160 Å². The molecule has 148 valence electrons. The molecule has 0 spiro atoms. The van der Waals surface area contributed by atoms with Crippen LogP contribution in [0.5, 0.6) is 0 Å². The van der Waals surface area contributed by atoms with E-state index in [1.807, 2.05) is 4.90 Å². The number of anilines is 1. The monoisotopic (exact) mass is 378 g/mol. The van der Waals surface area contributed by atoms with Gasteiger partial charge in [-0.15, -0.1) is 0 Å². The fourth-order valence-corrected chi connectivity index (χ4v) is 4.10. The standard InChI is InChI=1S/C20H29FN4O2/c1-16-3-2-8-24(13-16)15-20(27)25-11-9-23(10-12-25)14-19(26)22-18-6-4-17(21)5-7-18/h4-7,16H,2-3,8-15H2,1H3,(H,22,26)/p+2/t16-/m1/s1. The highest BCUT2D eigenvalue weighted by atomic mass is 19.1. The van der Waals surface area contributed by atoms with Crippen molar-refractivity contribution in [2.75, 3.05) is 57.7 Å². The van der Waals surface area contributed by atoms with Crippen molar-refractivity contribution in [3.63, 3.8) is 0 Å². The first kappa shape index (κ1) is 19.8. The number of rotatable bonds is 5. The quantitative estimate of drug-likeness (QED) is 0.603. The summed E-state index contributed by atoms with van der Waals surface area (Å²) in [6, 6.07) is 5.78. The van der Waals surface area contributed by atoms with Crippen molar-refractivity contribution in [1.82, 2.24) is 4.90 Å². The van der Waals surface area contributed by atoms with Crippen molar-refractivity contribution in [3.05, 3.63) is 30.1 Å². The van der Waals surface area contributed by atoms with Crippen LogP contribution in [0.4, 0.5) is 10.1 Å². The molecule has 3 N–H and O–H groups in total. The largest absolute Gasteiger partial charge is 0.327 e. The van der Waals surface area contributed by atoms with Gasteiger partial charge in [0.2, 0.25) is 0 Å². The van der Waals surface area contributed by atoms with E-state index in [0.717, 1.165) is 26.2 Å². The van der Waals surface area contributed by atoms with Gasteiger partial charge in [0.1, 0.15) is 5.82 Å². The number of carbonyl (C=O) groups is 2. The van der Waals surface area contributed by atoms with E-state index in [9.17, 15) is 14.0 Å². The first-order chi connectivity index (χ1) is 13.0. The highest BCUT2D eigenvalue weighted by Gasteiger charge is 2.29. The number of hydrogen-bond acceptors (Lipinski definition) is 2. The Morgan fingerprint density at radius 1 is 1.11 bits per heavy atom. The van der Waals surface area contributed by atoms with Gasteiger partial charge in [0.15, 0.2) is 13.1 Å². The van der Waals surface area contributed by atoms with Gasteiger partial charge >= 0.3 is 0 Å². The highest BCUT2D eigenvalue weighted by molar-refractivity contribution is 5.91. The van der Waals surface area contributed by atoms with Crippen molar-refractivity contribution in [3.8, 4) is 0 Å². The molecule has 1 aromatic carbocycles. The molecule has 27 heavy (non-hydrogen) atoms. The van der Waals surface area contributed by atoms with Crippen LogP contribution >= 0.6 is 0 Å². The maximum atomic E-state index is 12.9. The van der Waals surface area contributed by atoms with Crippen molar-refractivity contribution in [2.24, 2.45) is 5.92 Å². The van der Waals surface area contributed by atoms with E-state index in [1.54, 1.807) is 12.1 Å². The number of benzene rings is 1. The molecule has 0 aromatic heterocycles. The van der Waals surface area contributed by atoms with Gasteiger partial charge in [0.25, 0.3) is 11.8 Å². The molecular weight excluding hydrogens is 347 g/mol. The molecule has 6 nitrogen and oxygen atoms in total. The molecule has 0 aliphatic carbocycles. The van der Waals surface area contributed by atoms with E-state index in [2.05, 4.69) is 12.2 Å². The molecule has 2 amide bonds. The Hall–Kier alpha value is -1.99. The van der Waals surface area contributed by atoms with Gasteiger partial charge in [0.05, 0.1) is 39.3 Å². The fraction of sp³-hybridized carbons (Fsp3) is 0.600. The van der Waals surface area contributed by atoms with Crippen LogP contribution in [-0.2, 0) is 9.59 Å². The Morgan fingerprint density at radius 3 is 2.48 bits per heavy atom. The molecule has 0 saturated carbocycles. The zero-order valence-electron chi connectivity index (χ0n) is 16.1. The third-order valence-corrected chi connectivity index (χ3v) is 5.63. The summed E-state index contributed by atoms with van der Waals surface area (Å²) in [5.41, 5.74) is 0.605. The molecule has 2 saturated heterocycles. The summed E-state index contributed by atoms with van der Waals surface area (Å²) in [5.74, 6) is 0.555. The third kappa shape index (κ3) is 6.01. The Morgan fingerprint density at radius 2 is 1.81 bits per heavy atom. The molecule has 2 fully saturated rings. The molecule has 2 atom stereocenters. The van der Waals surface area contributed by atoms with Gasteiger partial charge in [-0.2, -0.15) is 0 Å². The van der Waals surface area contributed by atoms with Gasteiger partial charge in [-0.05, 0) is 37.1 Å². The summed E-state index contributed by atoms with van der Waals surface area (Å²) >= 11 is 0. The molecule has 3 rings (SSSR count). The summed E-state index contributed by atoms with van der Waals surface area (Å²) in [6.07, 6.45) is 2.49. The van der Waals surface area contributed by atoms with E-state index >= 15 is 0 Å². The van der Waals surface area contributed by atoms with Crippen LogP contribution in [-0.4, -0.2) is 69.1 Å². The number of nitrogens with zero attached hydrogens (tertiary/aromatic N) is 1. The van der Waals surface area contributed by atoms with Crippen LogP contribution in [0.1, 0.15) is 19.8 Å². The molecule has 7 heteroatoms. The van der Waals surface area contributed by atoms with Gasteiger partial charge in [-0.1, -0.05) is 6.92 Å².